The summed E-state index contributed by atoms with van der Waals surface area (Å²) in [5, 5.41) is 12.9. The molecule has 0 bridgehead atoms. The minimum absolute atomic E-state index is 0.0184. The first-order valence-corrected chi connectivity index (χ1v) is 11.0. The van der Waals surface area contributed by atoms with Gasteiger partial charge >= 0.3 is 11.7 Å². The first-order chi connectivity index (χ1) is 16.2. The van der Waals surface area contributed by atoms with Gasteiger partial charge in [-0.1, -0.05) is 78.9 Å². The Morgan fingerprint density at radius 2 is 1.55 bits per heavy atom. The number of hydrogen-bond acceptors (Lipinski definition) is 4. The van der Waals surface area contributed by atoms with Gasteiger partial charge in [-0.3, -0.25) is 5.32 Å². The Bertz CT molecular complexity index is 1300. The zero-order chi connectivity index (χ0) is 22.6. The first kappa shape index (κ1) is 20.6. The van der Waals surface area contributed by atoms with Crippen LogP contribution in [-0.4, -0.2) is 22.0 Å². The van der Waals surface area contributed by atoms with Crippen molar-refractivity contribution in [1.29, 1.82) is 0 Å². The molecule has 2 N–H and O–H groups in total. The molecule has 0 aliphatic carbocycles. The summed E-state index contributed by atoms with van der Waals surface area (Å²) in [7, 11) is 0. The van der Waals surface area contributed by atoms with Gasteiger partial charge in [0.2, 0.25) is 0 Å². The molecule has 1 aliphatic heterocycles. The lowest BCUT2D eigenvalue weighted by molar-refractivity contribution is -0.553. The predicted octanol–water partition coefficient (Wildman–Crippen LogP) is 4.51. The molecule has 1 aromatic heterocycles. The lowest BCUT2D eigenvalue weighted by Crippen LogP contribution is -2.44. The number of aromatic nitrogens is 2. The highest BCUT2D eigenvalue weighted by Gasteiger charge is 2.40. The van der Waals surface area contributed by atoms with Gasteiger partial charge in [0.25, 0.3) is 0 Å². The van der Waals surface area contributed by atoms with Gasteiger partial charge in [0, 0.05) is 12.8 Å². The second-order valence-corrected chi connectivity index (χ2v) is 8.14. The van der Waals surface area contributed by atoms with Gasteiger partial charge in [-0.2, -0.15) is 4.57 Å². The molecule has 4 aromatic rings. The summed E-state index contributed by atoms with van der Waals surface area (Å²) in [6.07, 6.45) is 6.85. The number of benzene rings is 3. The van der Waals surface area contributed by atoms with E-state index in [9.17, 15) is 9.90 Å². The monoisotopic (exact) mass is 434 g/mol. The number of phenols is 1. The fourth-order valence-electron chi connectivity index (χ4n) is 4.04. The van der Waals surface area contributed by atoms with Crippen LogP contribution in [0.2, 0.25) is 0 Å². The van der Waals surface area contributed by atoms with Gasteiger partial charge in [0.1, 0.15) is 23.3 Å². The third-order valence-electron chi connectivity index (χ3n) is 5.72. The number of carbonyl (C=O) groups excluding carboxylic acids is 1. The van der Waals surface area contributed by atoms with Crippen LogP contribution < -0.4 is 9.88 Å². The van der Waals surface area contributed by atoms with E-state index in [1.165, 1.54) is 0 Å². The summed E-state index contributed by atoms with van der Waals surface area (Å²) in [6, 6.07) is 26.8. The van der Waals surface area contributed by atoms with Crippen molar-refractivity contribution in [1.82, 2.24) is 4.98 Å². The smallest absolute Gasteiger partial charge is 0.359 e. The van der Waals surface area contributed by atoms with Gasteiger partial charge in [0.15, 0.2) is 6.04 Å². The molecule has 0 saturated heterocycles. The fourth-order valence-corrected chi connectivity index (χ4v) is 4.04. The number of nitrogens with one attached hydrogen (secondary N) is 1. The molecule has 5 nitrogen and oxygen atoms in total. The quantitative estimate of drug-likeness (QED) is 0.438. The highest BCUT2D eigenvalue weighted by molar-refractivity contribution is 5.82. The number of aromatic hydroxyl groups is 1. The molecule has 0 spiro atoms. The van der Waals surface area contributed by atoms with Crippen molar-refractivity contribution < 1.29 is 14.5 Å². The van der Waals surface area contributed by atoms with E-state index in [0.717, 1.165) is 28.2 Å². The van der Waals surface area contributed by atoms with Crippen molar-refractivity contribution in [2.24, 2.45) is 0 Å². The molecule has 1 unspecified atom stereocenters. The van der Waals surface area contributed by atoms with E-state index in [1.54, 1.807) is 22.9 Å². The van der Waals surface area contributed by atoms with Crippen LogP contribution in [0, 0.1) is 0 Å². The molecule has 5 rings (SSSR count). The third-order valence-corrected chi connectivity index (χ3v) is 5.72. The minimum Gasteiger partial charge on any atom is -0.508 e. The van der Waals surface area contributed by atoms with Crippen LogP contribution in [0.5, 0.6) is 5.75 Å². The zero-order valence-corrected chi connectivity index (χ0v) is 18.1. The first-order valence-electron chi connectivity index (χ1n) is 11.0. The molecule has 3 aromatic carbocycles. The molecular weight excluding hydrogens is 410 g/mol. The van der Waals surface area contributed by atoms with Crippen LogP contribution in [0.1, 0.15) is 32.9 Å². The Hall–Kier alpha value is -4.25. The Morgan fingerprint density at radius 3 is 2.24 bits per heavy atom. The molecule has 0 fully saturated rings. The van der Waals surface area contributed by atoms with Crippen LogP contribution >= 0.6 is 0 Å². The Kier molecular flexibility index (Phi) is 5.68. The number of carbonyl (C=O) groups is 1. The minimum atomic E-state index is -0.333. The molecule has 162 valence electrons. The second-order valence-electron chi connectivity index (χ2n) is 8.14. The van der Waals surface area contributed by atoms with Crippen LogP contribution in [0.3, 0.4) is 0 Å². The van der Waals surface area contributed by atoms with Crippen LogP contribution in [0.25, 0.3) is 12.2 Å². The summed E-state index contributed by atoms with van der Waals surface area (Å²) in [4.78, 5) is 18.2. The van der Waals surface area contributed by atoms with E-state index >= 15 is 0 Å². The second kappa shape index (κ2) is 9.09. The van der Waals surface area contributed by atoms with E-state index in [4.69, 9.17) is 4.98 Å². The van der Waals surface area contributed by atoms with Crippen LogP contribution in [0.4, 0.5) is 5.82 Å². The largest absolute Gasteiger partial charge is 0.508 e. The van der Waals surface area contributed by atoms with E-state index in [2.05, 4.69) is 17.4 Å². The van der Waals surface area contributed by atoms with Crippen molar-refractivity contribution in [2.45, 2.75) is 18.9 Å². The lowest BCUT2D eigenvalue weighted by Gasteiger charge is -2.05. The van der Waals surface area contributed by atoms with E-state index in [0.29, 0.717) is 18.5 Å². The normalized spacial score (nSPS) is 14.9. The maximum atomic E-state index is 13.3. The zero-order valence-electron chi connectivity index (χ0n) is 18.1. The van der Waals surface area contributed by atoms with Gasteiger partial charge in [-0.25, -0.2) is 9.78 Å². The number of phenolic OH excluding ortho intramolecular Hbond substituents is 1. The molecule has 0 amide bonds. The topological polar surface area (TPSA) is 66.1 Å². The van der Waals surface area contributed by atoms with Crippen molar-refractivity contribution in [3.8, 4) is 5.75 Å². The maximum Gasteiger partial charge on any atom is 0.359 e. The summed E-state index contributed by atoms with van der Waals surface area (Å²) in [6.45, 7) is 0. The number of fused-ring (bicyclic) bond motifs is 1. The Morgan fingerprint density at radius 1 is 0.879 bits per heavy atom. The van der Waals surface area contributed by atoms with Crippen LogP contribution in [-0.2, 0) is 12.8 Å². The average Bonchev–Trinajstić information content (AvgIpc) is 3.15. The highest BCUT2D eigenvalue weighted by Crippen LogP contribution is 2.22. The summed E-state index contributed by atoms with van der Waals surface area (Å²) < 4.78 is 1.70. The van der Waals surface area contributed by atoms with E-state index in [-0.39, 0.29) is 17.7 Å². The maximum absolute atomic E-state index is 13.3. The number of nitrogens with zero attached hydrogens (tertiary/aromatic N) is 2. The predicted molar refractivity (Wildman–Crippen MR) is 129 cm³/mol. The Balaban J connectivity index is 1.49. The molecule has 0 radical (unpaired) electrons. The molecular formula is C28H24N3O2+. The van der Waals surface area contributed by atoms with E-state index in [1.807, 2.05) is 72.8 Å². The summed E-state index contributed by atoms with van der Waals surface area (Å²) >= 11 is 0. The SMILES string of the molecule is O=C1C(Cc2ccccc2)Nc2c(Cc3ccccc3)nc(/C=C/c3ccc(O)cc3)c[n+]21. The van der Waals surface area contributed by atoms with Crippen molar-refractivity contribution in [3.05, 3.63) is 119 Å². The van der Waals surface area contributed by atoms with E-state index < -0.39 is 0 Å². The molecule has 5 heteroatoms. The van der Waals surface area contributed by atoms with Gasteiger partial charge in [0.05, 0.1) is 0 Å². The summed E-state index contributed by atoms with van der Waals surface area (Å²) in [5.74, 6) is 1.00. The molecule has 0 saturated carbocycles. The third kappa shape index (κ3) is 4.67. The average molecular weight is 435 g/mol. The highest BCUT2D eigenvalue weighted by atomic mass is 16.3. The van der Waals surface area contributed by atoms with Gasteiger partial charge in [-0.05, 0) is 34.9 Å². The van der Waals surface area contributed by atoms with Gasteiger partial charge < -0.3 is 5.11 Å². The number of anilines is 1. The molecule has 1 atom stereocenters. The molecule has 2 heterocycles. The van der Waals surface area contributed by atoms with Crippen molar-refractivity contribution in [2.75, 3.05) is 5.32 Å². The van der Waals surface area contributed by atoms with Crippen molar-refractivity contribution >= 4 is 23.9 Å². The lowest BCUT2D eigenvalue weighted by atomic mass is 10.1. The van der Waals surface area contributed by atoms with Gasteiger partial charge in [-0.15, -0.1) is 0 Å². The summed E-state index contributed by atoms with van der Waals surface area (Å²) in [5.41, 5.74) is 4.72. The van der Waals surface area contributed by atoms with Crippen molar-refractivity contribution in [3.63, 3.8) is 0 Å². The fraction of sp³-hybridized carbons (Fsp3) is 0.107. The number of rotatable bonds is 6. The number of hydrogen-bond donors (Lipinski definition) is 2. The molecule has 1 aliphatic rings. The standard InChI is InChI=1S/C28H23N3O2/c32-24-15-12-20(13-16-24)11-14-23-19-31-27(25(29-23)17-21-7-3-1-4-8-21)30-26(28(31)33)18-22-9-5-2-6-10-22/h1-16,19,26,32H,17-18H2/p+1/b14-11+. The molecule has 33 heavy (non-hydrogen) atoms. The Labute approximate surface area is 192 Å². The van der Waals surface area contributed by atoms with Crippen LogP contribution in [0.15, 0.2) is 91.1 Å².